The lowest BCUT2D eigenvalue weighted by atomic mass is 9.65. The van der Waals surface area contributed by atoms with Crippen LogP contribution in [0, 0.1) is 23.7 Å². The maximum absolute atomic E-state index is 3.92. The number of fused-ring (bicyclic) bond motifs is 1. The Labute approximate surface area is 127 Å². The van der Waals surface area contributed by atoms with E-state index in [9.17, 15) is 0 Å². The topological polar surface area (TPSA) is 12.0 Å². The van der Waals surface area contributed by atoms with Gasteiger partial charge in [-0.1, -0.05) is 52.9 Å². The van der Waals surface area contributed by atoms with E-state index in [1.54, 1.807) is 0 Å². The van der Waals surface area contributed by atoms with E-state index in [-0.39, 0.29) is 0 Å². The van der Waals surface area contributed by atoms with Crippen molar-refractivity contribution in [2.45, 2.75) is 91.0 Å². The van der Waals surface area contributed by atoms with Crippen molar-refractivity contribution >= 4 is 0 Å². The quantitative estimate of drug-likeness (QED) is 0.658. The zero-order valence-corrected chi connectivity index (χ0v) is 14.2. The van der Waals surface area contributed by atoms with Crippen LogP contribution in [0.1, 0.15) is 85.0 Å². The number of rotatable bonds is 7. The fraction of sp³-hybridized carbons (Fsp3) is 1.00. The Balaban J connectivity index is 1.93. The number of hydrogen-bond donors (Lipinski definition) is 1. The molecule has 0 heterocycles. The van der Waals surface area contributed by atoms with Crippen LogP contribution < -0.4 is 5.32 Å². The first kappa shape index (κ1) is 16.3. The highest BCUT2D eigenvalue weighted by molar-refractivity contribution is 4.90. The largest absolute Gasteiger partial charge is 0.313 e. The Kier molecular flexibility index (Phi) is 6.87. The molecular weight excluding hydrogens is 242 g/mol. The minimum atomic E-state index is 0.790. The third kappa shape index (κ3) is 4.23. The summed E-state index contributed by atoms with van der Waals surface area (Å²) < 4.78 is 0. The summed E-state index contributed by atoms with van der Waals surface area (Å²) in [5.41, 5.74) is 0. The van der Waals surface area contributed by atoms with Gasteiger partial charge < -0.3 is 5.32 Å². The van der Waals surface area contributed by atoms with Gasteiger partial charge >= 0.3 is 0 Å². The summed E-state index contributed by atoms with van der Waals surface area (Å²) in [4.78, 5) is 0. The van der Waals surface area contributed by atoms with E-state index in [0.29, 0.717) is 0 Å². The smallest absolute Gasteiger partial charge is 0.0121 e. The maximum Gasteiger partial charge on any atom is 0.0121 e. The third-order valence-corrected chi connectivity index (χ3v) is 6.08. The molecule has 2 aliphatic rings. The molecule has 1 nitrogen and oxygen atoms in total. The molecule has 2 fully saturated rings. The van der Waals surface area contributed by atoms with Crippen LogP contribution >= 0.6 is 0 Å². The van der Waals surface area contributed by atoms with E-state index < -0.39 is 0 Å². The Morgan fingerprint density at radius 3 is 2.40 bits per heavy atom. The van der Waals surface area contributed by atoms with E-state index in [2.05, 4.69) is 26.1 Å². The second-order valence-corrected chi connectivity index (χ2v) is 7.62. The Morgan fingerprint density at radius 1 is 0.950 bits per heavy atom. The van der Waals surface area contributed by atoms with Gasteiger partial charge in [0.1, 0.15) is 0 Å². The van der Waals surface area contributed by atoms with Crippen molar-refractivity contribution in [2.75, 3.05) is 6.54 Å². The summed E-state index contributed by atoms with van der Waals surface area (Å²) in [7, 11) is 0. The highest BCUT2D eigenvalue weighted by Gasteiger charge is 2.36. The first-order chi connectivity index (χ1) is 9.76. The summed E-state index contributed by atoms with van der Waals surface area (Å²) in [6.07, 6.45) is 14.6. The minimum Gasteiger partial charge on any atom is -0.313 e. The minimum absolute atomic E-state index is 0.790. The van der Waals surface area contributed by atoms with Crippen molar-refractivity contribution in [3.63, 3.8) is 0 Å². The molecule has 0 amide bonds. The zero-order valence-electron chi connectivity index (χ0n) is 14.2. The maximum atomic E-state index is 3.92. The van der Waals surface area contributed by atoms with Gasteiger partial charge in [-0.3, -0.25) is 0 Å². The summed E-state index contributed by atoms with van der Waals surface area (Å²) in [5.74, 6) is 3.98. The average Bonchev–Trinajstić information content (AvgIpc) is 2.48. The fourth-order valence-corrected chi connectivity index (χ4v) is 5.01. The van der Waals surface area contributed by atoms with Crippen LogP contribution in [0.3, 0.4) is 0 Å². The summed E-state index contributed by atoms with van der Waals surface area (Å²) in [5, 5.41) is 3.92. The van der Waals surface area contributed by atoms with E-state index >= 15 is 0 Å². The van der Waals surface area contributed by atoms with Crippen LogP contribution in [0.2, 0.25) is 0 Å². The van der Waals surface area contributed by atoms with Gasteiger partial charge in [0.15, 0.2) is 0 Å². The lowest BCUT2D eigenvalue weighted by molar-refractivity contribution is 0.0937. The summed E-state index contributed by atoms with van der Waals surface area (Å²) >= 11 is 0. The number of hydrogen-bond acceptors (Lipinski definition) is 1. The molecule has 0 aromatic rings. The Bertz CT molecular complexity index is 262. The molecule has 2 aliphatic carbocycles. The third-order valence-electron chi connectivity index (χ3n) is 6.08. The van der Waals surface area contributed by atoms with Crippen molar-refractivity contribution in [3.05, 3.63) is 0 Å². The molecule has 0 saturated heterocycles. The van der Waals surface area contributed by atoms with Gasteiger partial charge in [-0.05, 0) is 62.3 Å². The standard InChI is InChI=1S/C19H37N/c1-4-8-15(3)19(20-13-5-2)18-12-11-16-9-6-7-10-17(16)14-18/h15-20H,4-14H2,1-3H3. The predicted molar refractivity (Wildman–Crippen MR) is 88.9 cm³/mol. The molecular formula is C19H37N. The van der Waals surface area contributed by atoms with Gasteiger partial charge in [-0.2, -0.15) is 0 Å². The highest BCUT2D eigenvalue weighted by Crippen LogP contribution is 2.44. The van der Waals surface area contributed by atoms with Gasteiger partial charge in [0.2, 0.25) is 0 Å². The molecule has 0 aromatic heterocycles. The van der Waals surface area contributed by atoms with E-state index in [1.165, 1.54) is 70.8 Å². The van der Waals surface area contributed by atoms with Gasteiger partial charge in [0, 0.05) is 6.04 Å². The molecule has 20 heavy (non-hydrogen) atoms. The average molecular weight is 280 g/mol. The second kappa shape index (κ2) is 8.41. The normalized spacial score (nSPS) is 33.5. The molecule has 1 heteroatoms. The van der Waals surface area contributed by atoms with Crippen molar-refractivity contribution in [2.24, 2.45) is 23.7 Å². The molecule has 118 valence electrons. The lowest BCUT2D eigenvalue weighted by Crippen LogP contribution is -2.45. The van der Waals surface area contributed by atoms with Crippen LogP contribution in [0.15, 0.2) is 0 Å². The molecule has 0 aromatic carbocycles. The summed E-state index contributed by atoms with van der Waals surface area (Å²) in [6, 6.07) is 0.790. The number of nitrogens with one attached hydrogen (secondary N) is 1. The fourth-order valence-electron chi connectivity index (χ4n) is 5.01. The van der Waals surface area contributed by atoms with Crippen molar-refractivity contribution in [1.82, 2.24) is 5.32 Å². The van der Waals surface area contributed by atoms with Gasteiger partial charge in [0.25, 0.3) is 0 Å². The van der Waals surface area contributed by atoms with Crippen molar-refractivity contribution < 1.29 is 0 Å². The molecule has 0 spiro atoms. The van der Waals surface area contributed by atoms with E-state index in [1.807, 2.05) is 0 Å². The SMILES string of the molecule is CCCNC(C(C)CCC)C1CCC2CCCCC2C1. The predicted octanol–water partition coefficient (Wildman–Crippen LogP) is 5.40. The van der Waals surface area contributed by atoms with Crippen LogP contribution in [0.25, 0.3) is 0 Å². The van der Waals surface area contributed by atoms with Gasteiger partial charge in [-0.25, -0.2) is 0 Å². The Hall–Kier alpha value is -0.0400. The second-order valence-electron chi connectivity index (χ2n) is 7.62. The van der Waals surface area contributed by atoms with E-state index in [4.69, 9.17) is 0 Å². The lowest BCUT2D eigenvalue weighted by Gasteiger charge is -2.43. The highest BCUT2D eigenvalue weighted by atomic mass is 14.9. The monoisotopic (exact) mass is 279 g/mol. The molecule has 0 radical (unpaired) electrons. The molecule has 0 aliphatic heterocycles. The Morgan fingerprint density at radius 2 is 1.70 bits per heavy atom. The van der Waals surface area contributed by atoms with Crippen molar-refractivity contribution in [1.29, 1.82) is 0 Å². The van der Waals surface area contributed by atoms with E-state index in [0.717, 1.165) is 29.7 Å². The molecule has 0 bridgehead atoms. The zero-order chi connectivity index (χ0) is 14.4. The summed E-state index contributed by atoms with van der Waals surface area (Å²) in [6.45, 7) is 8.34. The van der Waals surface area contributed by atoms with Crippen molar-refractivity contribution in [3.8, 4) is 0 Å². The molecule has 2 saturated carbocycles. The van der Waals surface area contributed by atoms with Gasteiger partial charge in [-0.15, -0.1) is 0 Å². The molecule has 2 rings (SSSR count). The van der Waals surface area contributed by atoms with Gasteiger partial charge in [0.05, 0.1) is 0 Å². The molecule has 1 N–H and O–H groups in total. The van der Waals surface area contributed by atoms with Crippen LogP contribution in [0.4, 0.5) is 0 Å². The molecule has 5 unspecified atom stereocenters. The van der Waals surface area contributed by atoms with Crippen LogP contribution in [-0.4, -0.2) is 12.6 Å². The first-order valence-electron chi connectivity index (χ1n) is 9.49. The van der Waals surface area contributed by atoms with Crippen LogP contribution in [-0.2, 0) is 0 Å². The first-order valence-corrected chi connectivity index (χ1v) is 9.49. The molecule has 5 atom stereocenters. The van der Waals surface area contributed by atoms with Crippen LogP contribution in [0.5, 0.6) is 0 Å².